The fourth-order valence-electron chi connectivity index (χ4n) is 1.63. The van der Waals surface area contributed by atoms with Gasteiger partial charge >= 0.3 is 0 Å². The minimum Gasteiger partial charge on any atom is -0.374 e. The second kappa shape index (κ2) is 5.56. The van der Waals surface area contributed by atoms with Crippen molar-refractivity contribution in [2.24, 2.45) is 0 Å². The van der Waals surface area contributed by atoms with Gasteiger partial charge in [-0.25, -0.2) is 9.97 Å². The second-order valence-corrected chi connectivity index (χ2v) is 4.69. The molecule has 1 saturated heterocycles. The van der Waals surface area contributed by atoms with Gasteiger partial charge in [0.15, 0.2) is 0 Å². The van der Waals surface area contributed by atoms with Crippen molar-refractivity contribution < 1.29 is 4.74 Å². The summed E-state index contributed by atoms with van der Waals surface area (Å²) in [6.45, 7) is 3.41. The molecule has 1 N–H and O–H groups in total. The minimum absolute atomic E-state index is 0.214. The van der Waals surface area contributed by atoms with Gasteiger partial charge in [-0.2, -0.15) is 0 Å². The van der Waals surface area contributed by atoms with Crippen LogP contribution in [0, 0.1) is 0 Å². The van der Waals surface area contributed by atoms with Gasteiger partial charge in [-0.3, -0.25) is 0 Å². The van der Waals surface area contributed by atoms with Crippen LogP contribution in [0.4, 0.5) is 5.95 Å². The molecule has 1 aromatic rings. The van der Waals surface area contributed by atoms with Crippen molar-refractivity contribution in [3.8, 4) is 0 Å². The molecule has 0 aliphatic carbocycles. The predicted molar refractivity (Wildman–Crippen MR) is 65.6 cm³/mol. The van der Waals surface area contributed by atoms with Gasteiger partial charge in [0.05, 0.1) is 17.2 Å². The number of halogens is 1. The van der Waals surface area contributed by atoms with E-state index < -0.39 is 0 Å². The largest absolute Gasteiger partial charge is 0.374 e. The highest BCUT2D eigenvalue weighted by Crippen LogP contribution is 2.10. The van der Waals surface area contributed by atoms with E-state index in [1.54, 1.807) is 12.4 Å². The Labute approximate surface area is 103 Å². The third kappa shape index (κ3) is 3.13. The Morgan fingerprint density at radius 2 is 2.31 bits per heavy atom. The van der Waals surface area contributed by atoms with Crippen LogP contribution >= 0.6 is 15.9 Å². The van der Waals surface area contributed by atoms with Gasteiger partial charge in [-0.05, 0) is 15.9 Å². The van der Waals surface area contributed by atoms with Crippen LogP contribution in [0.25, 0.3) is 0 Å². The lowest BCUT2D eigenvalue weighted by molar-refractivity contribution is 0.0338. The van der Waals surface area contributed by atoms with Gasteiger partial charge in [0.1, 0.15) is 0 Å². The Morgan fingerprint density at radius 3 is 2.94 bits per heavy atom. The smallest absolute Gasteiger partial charge is 0.225 e. The van der Waals surface area contributed by atoms with E-state index in [0.29, 0.717) is 0 Å². The summed E-state index contributed by atoms with van der Waals surface area (Å²) in [5.41, 5.74) is 0. The van der Waals surface area contributed by atoms with Crippen molar-refractivity contribution in [3.05, 3.63) is 16.9 Å². The molecule has 0 spiro atoms. The molecule has 0 amide bonds. The van der Waals surface area contributed by atoms with Gasteiger partial charge in [-0.15, -0.1) is 0 Å². The Balaban J connectivity index is 1.91. The van der Waals surface area contributed by atoms with Crippen LogP contribution in [0.15, 0.2) is 16.9 Å². The molecule has 6 heteroatoms. The molecule has 1 aromatic heterocycles. The number of likely N-dealkylation sites (N-methyl/N-ethyl adjacent to an activating group) is 1. The number of morpholine rings is 1. The first kappa shape index (κ1) is 11.8. The normalized spacial score (nSPS) is 20.8. The van der Waals surface area contributed by atoms with Crippen molar-refractivity contribution >= 4 is 21.9 Å². The molecule has 1 unspecified atom stereocenters. The van der Waals surface area contributed by atoms with Crippen LogP contribution in [0.2, 0.25) is 0 Å². The minimum atomic E-state index is 0.214. The van der Waals surface area contributed by atoms with Crippen LogP contribution in [0.1, 0.15) is 0 Å². The van der Waals surface area contributed by atoms with Gasteiger partial charge < -0.3 is 15.0 Å². The number of hydrogen-bond donors (Lipinski definition) is 1. The third-order valence-corrected chi connectivity index (χ3v) is 2.84. The maximum absolute atomic E-state index is 5.62. The number of hydrogen-bond acceptors (Lipinski definition) is 5. The molecule has 1 aliphatic heterocycles. The lowest BCUT2D eigenvalue weighted by Gasteiger charge is -2.27. The molecule has 1 atom stereocenters. The Kier molecular flexibility index (Phi) is 4.09. The predicted octanol–water partition coefficient (Wildman–Crippen LogP) is 0.664. The van der Waals surface area contributed by atoms with E-state index in [-0.39, 0.29) is 6.10 Å². The summed E-state index contributed by atoms with van der Waals surface area (Å²) in [6.07, 6.45) is 3.71. The summed E-state index contributed by atoms with van der Waals surface area (Å²) >= 11 is 3.31. The summed E-state index contributed by atoms with van der Waals surface area (Å²) in [4.78, 5) is 10.5. The number of rotatable bonds is 3. The molecule has 0 radical (unpaired) electrons. The Bertz CT molecular complexity index is 326. The quantitative estimate of drug-likeness (QED) is 0.885. The van der Waals surface area contributed by atoms with Gasteiger partial charge in [0, 0.05) is 39.1 Å². The summed E-state index contributed by atoms with van der Waals surface area (Å²) in [5.74, 6) is 0.720. The maximum Gasteiger partial charge on any atom is 0.225 e. The SMILES string of the molecule is CN(CC1CNCCO1)c1ncc(Br)cn1. The lowest BCUT2D eigenvalue weighted by Crippen LogP contribution is -2.44. The Morgan fingerprint density at radius 1 is 1.56 bits per heavy atom. The van der Waals surface area contributed by atoms with E-state index in [2.05, 4.69) is 31.2 Å². The van der Waals surface area contributed by atoms with E-state index >= 15 is 0 Å². The van der Waals surface area contributed by atoms with Crippen molar-refractivity contribution in [2.75, 3.05) is 38.2 Å². The Hall–Kier alpha value is -0.720. The van der Waals surface area contributed by atoms with Crippen LogP contribution in [-0.2, 0) is 4.74 Å². The molecular weight excluding hydrogens is 272 g/mol. The van der Waals surface area contributed by atoms with Crippen molar-refractivity contribution in [2.45, 2.75) is 6.10 Å². The summed E-state index contributed by atoms with van der Waals surface area (Å²) in [6, 6.07) is 0. The lowest BCUT2D eigenvalue weighted by atomic mass is 10.3. The molecule has 0 saturated carbocycles. The van der Waals surface area contributed by atoms with Gasteiger partial charge in [0.2, 0.25) is 5.95 Å². The standard InChI is InChI=1S/C10H15BrN4O/c1-15(7-9-6-12-2-3-16-9)10-13-4-8(11)5-14-10/h4-5,9,12H,2-3,6-7H2,1H3. The first-order valence-corrected chi connectivity index (χ1v) is 6.06. The number of nitrogens with zero attached hydrogens (tertiary/aromatic N) is 3. The monoisotopic (exact) mass is 286 g/mol. The van der Waals surface area contributed by atoms with Crippen molar-refractivity contribution in [3.63, 3.8) is 0 Å². The van der Waals surface area contributed by atoms with Crippen LogP contribution < -0.4 is 10.2 Å². The van der Waals surface area contributed by atoms with E-state index in [1.807, 2.05) is 11.9 Å². The van der Waals surface area contributed by atoms with E-state index in [4.69, 9.17) is 4.74 Å². The van der Waals surface area contributed by atoms with E-state index in [0.717, 1.165) is 36.7 Å². The van der Waals surface area contributed by atoms with Gasteiger partial charge in [0.25, 0.3) is 0 Å². The number of ether oxygens (including phenoxy) is 1. The molecule has 1 fully saturated rings. The molecule has 1 aliphatic rings. The zero-order chi connectivity index (χ0) is 11.4. The molecule has 5 nitrogen and oxygen atoms in total. The highest BCUT2D eigenvalue weighted by atomic mass is 79.9. The third-order valence-electron chi connectivity index (χ3n) is 2.43. The fourth-order valence-corrected chi connectivity index (χ4v) is 1.83. The fraction of sp³-hybridized carbons (Fsp3) is 0.600. The summed E-state index contributed by atoms with van der Waals surface area (Å²) in [7, 11) is 1.97. The number of aromatic nitrogens is 2. The van der Waals surface area contributed by atoms with Crippen LogP contribution in [0.5, 0.6) is 0 Å². The maximum atomic E-state index is 5.62. The zero-order valence-corrected chi connectivity index (χ0v) is 10.8. The molecule has 2 rings (SSSR count). The molecule has 2 heterocycles. The second-order valence-electron chi connectivity index (χ2n) is 3.78. The van der Waals surface area contributed by atoms with Crippen molar-refractivity contribution in [1.29, 1.82) is 0 Å². The molecular formula is C10H15BrN4O. The average Bonchev–Trinajstić information content (AvgIpc) is 2.31. The summed E-state index contributed by atoms with van der Waals surface area (Å²) < 4.78 is 6.51. The number of anilines is 1. The van der Waals surface area contributed by atoms with Gasteiger partial charge in [-0.1, -0.05) is 0 Å². The van der Waals surface area contributed by atoms with Crippen LogP contribution in [0.3, 0.4) is 0 Å². The first-order chi connectivity index (χ1) is 7.75. The van der Waals surface area contributed by atoms with Crippen LogP contribution in [-0.4, -0.2) is 49.4 Å². The molecule has 0 bridgehead atoms. The highest BCUT2D eigenvalue weighted by molar-refractivity contribution is 9.10. The molecule has 88 valence electrons. The highest BCUT2D eigenvalue weighted by Gasteiger charge is 2.16. The number of nitrogens with one attached hydrogen (secondary N) is 1. The van der Waals surface area contributed by atoms with E-state index in [1.165, 1.54) is 0 Å². The molecule has 16 heavy (non-hydrogen) atoms. The van der Waals surface area contributed by atoms with E-state index in [9.17, 15) is 0 Å². The van der Waals surface area contributed by atoms with Crippen molar-refractivity contribution in [1.82, 2.24) is 15.3 Å². The summed E-state index contributed by atoms with van der Waals surface area (Å²) in [5, 5.41) is 3.30. The first-order valence-electron chi connectivity index (χ1n) is 5.26. The molecule has 0 aromatic carbocycles. The zero-order valence-electron chi connectivity index (χ0n) is 9.19. The topological polar surface area (TPSA) is 50.3 Å². The average molecular weight is 287 g/mol.